The normalized spacial score (nSPS) is 14.1. The molecule has 1 atom stereocenters. The first-order valence-electron chi connectivity index (χ1n) is 6.09. The molecule has 0 aliphatic heterocycles. The van der Waals surface area contributed by atoms with Crippen molar-refractivity contribution in [1.82, 2.24) is 10.3 Å². The summed E-state index contributed by atoms with van der Waals surface area (Å²) in [5.74, 6) is 0.751. The first kappa shape index (κ1) is 13.7. The van der Waals surface area contributed by atoms with Gasteiger partial charge in [-0.3, -0.25) is 0 Å². The molecule has 16 heavy (non-hydrogen) atoms. The van der Waals surface area contributed by atoms with Crippen molar-refractivity contribution < 1.29 is 0 Å². The lowest BCUT2D eigenvalue weighted by atomic mass is 9.98. The second-order valence-electron chi connectivity index (χ2n) is 5.54. The van der Waals surface area contributed by atoms with Gasteiger partial charge in [-0.1, -0.05) is 41.0 Å². The highest BCUT2D eigenvalue weighted by Gasteiger charge is 2.17. The van der Waals surface area contributed by atoms with Crippen LogP contribution in [0.1, 0.15) is 51.7 Å². The first-order valence-corrected chi connectivity index (χ1v) is 6.97. The Balaban J connectivity index is 2.41. The molecule has 1 N–H and O–H groups in total. The van der Waals surface area contributed by atoms with Gasteiger partial charge in [0.1, 0.15) is 0 Å². The Bertz CT molecular complexity index is 312. The van der Waals surface area contributed by atoms with Gasteiger partial charge in [0.25, 0.3) is 0 Å². The van der Waals surface area contributed by atoms with E-state index >= 15 is 0 Å². The average Bonchev–Trinajstić information content (AvgIpc) is 2.65. The predicted octanol–water partition coefficient (Wildman–Crippen LogP) is 3.58. The Labute approximate surface area is 103 Å². The lowest BCUT2D eigenvalue weighted by molar-refractivity contribution is 0.496. The SMILES string of the molecule is CCC(C)CNCc1csc(C(C)(C)C)n1. The summed E-state index contributed by atoms with van der Waals surface area (Å²) in [6.45, 7) is 13.1. The number of nitrogens with zero attached hydrogens (tertiary/aromatic N) is 1. The molecule has 0 aromatic carbocycles. The standard InChI is InChI=1S/C13H24N2S/c1-6-10(2)7-14-8-11-9-16-12(15-11)13(3,4)5/h9-10,14H,6-8H2,1-5H3. The van der Waals surface area contributed by atoms with Gasteiger partial charge in [0.15, 0.2) is 0 Å². The molecule has 92 valence electrons. The molecular weight excluding hydrogens is 216 g/mol. The van der Waals surface area contributed by atoms with Crippen molar-refractivity contribution >= 4 is 11.3 Å². The summed E-state index contributed by atoms with van der Waals surface area (Å²) in [6, 6.07) is 0. The van der Waals surface area contributed by atoms with Gasteiger partial charge in [0, 0.05) is 17.3 Å². The van der Waals surface area contributed by atoms with Gasteiger partial charge in [-0.15, -0.1) is 11.3 Å². The minimum atomic E-state index is 0.180. The maximum absolute atomic E-state index is 4.66. The maximum Gasteiger partial charge on any atom is 0.0982 e. The lowest BCUT2D eigenvalue weighted by Crippen LogP contribution is -2.20. The largest absolute Gasteiger partial charge is 0.311 e. The van der Waals surface area contributed by atoms with Crippen molar-refractivity contribution in [2.45, 2.75) is 53.0 Å². The van der Waals surface area contributed by atoms with Crippen LogP contribution in [0.15, 0.2) is 5.38 Å². The van der Waals surface area contributed by atoms with Crippen LogP contribution in [0.25, 0.3) is 0 Å². The van der Waals surface area contributed by atoms with E-state index in [0.29, 0.717) is 0 Å². The Morgan fingerprint density at radius 2 is 2.12 bits per heavy atom. The zero-order chi connectivity index (χ0) is 12.2. The van der Waals surface area contributed by atoms with E-state index < -0.39 is 0 Å². The molecule has 0 aliphatic rings. The molecule has 0 saturated heterocycles. The van der Waals surface area contributed by atoms with Crippen molar-refractivity contribution in [2.24, 2.45) is 5.92 Å². The number of hydrogen-bond donors (Lipinski definition) is 1. The highest BCUT2D eigenvalue weighted by atomic mass is 32.1. The van der Waals surface area contributed by atoms with Crippen molar-refractivity contribution in [2.75, 3.05) is 6.54 Å². The van der Waals surface area contributed by atoms with Crippen LogP contribution in [0, 0.1) is 5.92 Å². The lowest BCUT2D eigenvalue weighted by Gasteiger charge is -2.13. The van der Waals surface area contributed by atoms with Gasteiger partial charge in [-0.05, 0) is 12.5 Å². The van der Waals surface area contributed by atoms with Crippen LogP contribution in [-0.2, 0) is 12.0 Å². The van der Waals surface area contributed by atoms with Crippen molar-refractivity contribution in [1.29, 1.82) is 0 Å². The van der Waals surface area contributed by atoms with E-state index in [2.05, 4.69) is 50.3 Å². The third-order valence-corrected chi connectivity index (χ3v) is 4.01. The molecule has 1 unspecified atom stereocenters. The van der Waals surface area contributed by atoms with Crippen molar-refractivity contribution in [3.05, 3.63) is 16.1 Å². The van der Waals surface area contributed by atoms with Crippen LogP contribution in [-0.4, -0.2) is 11.5 Å². The second kappa shape index (κ2) is 5.78. The molecule has 1 aromatic rings. The molecule has 1 rings (SSSR count). The zero-order valence-corrected chi connectivity index (χ0v) is 11.9. The summed E-state index contributed by atoms with van der Waals surface area (Å²) >= 11 is 1.77. The average molecular weight is 240 g/mol. The van der Waals surface area contributed by atoms with E-state index in [9.17, 15) is 0 Å². The molecule has 0 amide bonds. The highest BCUT2D eigenvalue weighted by molar-refractivity contribution is 7.09. The fourth-order valence-corrected chi connectivity index (χ4v) is 2.23. The molecule has 0 spiro atoms. The van der Waals surface area contributed by atoms with Gasteiger partial charge in [0.2, 0.25) is 0 Å². The Kier molecular flexibility index (Phi) is 4.93. The third kappa shape index (κ3) is 4.22. The van der Waals surface area contributed by atoms with Crippen LogP contribution in [0.5, 0.6) is 0 Å². The summed E-state index contributed by atoms with van der Waals surface area (Å²) in [5, 5.41) is 6.86. The molecule has 0 saturated carbocycles. The highest BCUT2D eigenvalue weighted by Crippen LogP contribution is 2.25. The second-order valence-corrected chi connectivity index (χ2v) is 6.40. The molecular formula is C13H24N2S. The fourth-order valence-electron chi connectivity index (χ4n) is 1.32. The first-order chi connectivity index (χ1) is 7.43. The topological polar surface area (TPSA) is 24.9 Å². The molecule has 2 nitrogen and oxygen atoms in total. The van der Waals surface area contributed by atoms with Crippen LogP contribution in [0.4, 0.5) is 0 Å². The number of nitrogens with one attached hydrogen (secondary N) is 1. The summed E-state index contributed by atoms with van der Waals surface area (Å²) in [4.78, 5) is 4.66. The Hall–Kier alpha value is -0.410. The summed E-state index contributed by atoms with van der Waals surface area (Å²) in [6.07, 6.45) is 1.23. The number of hydrogen-bond acceptors (Lipinski definition) is 3. The smallest absolute Gasteiger partial charge is 0.0982 e. The number of aromatic nitrogens is 1. The van der Waals surface area contributed by atoms with Crippen LogP contribution in [0.2, 0.25) is 0 Å². The summed E-state index contributed by atoms with van der Waals surface area (Å²) in [5.41, 5.74) is 1.36. The predicted molar refractivity (Wildman–Crippen MR) is 72.0 cm³/mol. The van der Waals surface area contributed by atoms with Gasteiger partial charge in [0.05, 0.1) is 10.7 Å². The quantitative estimate of drug-likeness (QED) is 0.851. The van der Waals surface area contributed by atoms with Crippen LogP contribution in [0.3, 0.4) is 0 Å². The Morgan fingerprint density at radius 1 is 1.44 bits per heavy atom. The molecule has 0 bridgehead atoms. The zero-order valence-electron chi connectivity index (χ0n) is 11.1. The van der Waals surface area contributed by atoms with E-state index in [1.807, 2.05) is 0 Å². The van der Waals surface area contributed by atoms with Crippen LogP contribution < -0.4 is 5.32 Å². The third-order valence-electron chi connectivity index (χ3n) is 2.69. The fraction of sp³-hybridized carbons (Fsp3) is 0.769. The molecule has 0 aliphatic carbocycles. The van der Waals surface area contributed by atoms with E-state index in [0.717, 1.165) is 19.0 Å². The van der Waals surface area contributed by atoms with E-state index in [1.165, 1.54) is 17.1 Å². The van der Waals surface area contributed by atoms with Crippen LogP contribution >= 0.6 is 11.3 Å². The molecule has 0 radical (unpaired) electrons. The minimum Gasteiger partial charge on any atom is -0.311 e. The van der Waals surface area contributed by atoms with E-state index in [4.69, 9.17) is 0 Å². The van der Waals surface area contributed by atoms with Crippen molar-refractivity contribution in [3.63, 3.8) is 0 Å². The summed E-state index contributed by atoms with van der Waals surface area (Å²) < 4.78 is 0. The number of rotatable bonds is 5. The molecule has 1 aromatic heterocycles. The molecule has 3 heteroatoms. The number of thiazole rings is 1. The maximum atomic E-state index is 4.66. The van der Waals surface area contributed by atoms with Gasteiger partial charge in [-0.25, -0.2) is 4.98 Å². The molecule has 1 heterocycles. The van der Waals surface area contributed by atoms with E-state index in [1.54, 1.807) is 11.3 Å². The molecule has 0 fully saturated rings. The minimum absolute atomic E-state index is 0.180. The summed E-state index contributed by atoms with van der Waals surface area (Å²) in [7, 11) is 0. The van der Waals surface area contributed by atoms with Gasteiger partial charge >= 0.3 is 0 Å². The van der Waals surface area contributed by atoms with Gasteiger partial charge < -0.3 is 5.32 Å². The van der Waals surface area contributed by atoms with Crippen molar-refractivity contribution in [3.8, 4) is 0 Å². The van der Waals surface area contributed by atoms with E-state index in [-0.39, 0.29) is 5.41 Å². The Morgan fingerprint density at radius 3 is 2.62 bits per heavy atom. The van der Waals surface area contributed by atoms with Gasteiger partial charge in [-0.2, -0.15) is 0 Å². The monoisotopic (exact) mass is 240 g/mol.